The van der Waals surface area contributed by atoms with Crippen molar-refractivity contribution in [3.05, 3.63) is 0 Å². The van der Waals surface area contributed by atoms with Crippen molar-refractivity contribution in [3.63, 3.8) is 0 Å². The molecule has 1 aliphatic heterocycles. The fourth-order valence-corrected chi connectivity index (χ4v) is 2.43. The summed E-state index contributed by atoms with van der Waals surface area (Å²) in [5, 5.41) is -0.206. The van der Waals surface area contributed by atoms with Gasteiger partial charge in [-0.2, -0.15) is 12.6 Å². The first kappa shape index (κ1) is 11.9. The first-order valence-corrected chi connectivity index (χ1v) is 5.79. The van der Waals surface area contributed by atoms with Crippen molar-refractivity contribution in [3.8, 4) is 0 Å². The van der Waals surface area contributed by atoms with Gasteiger partial charge in [0.1, 0.15) is 6.04 Å². The lowest BCUT2D eigenvalue weighted by atomic mass is 10.0. The second-order valence-corrected chi connectivity index (χ2v) is 4.50. The molecule has 1 fully saturated rings. The Kier molecular flexibility index (Phi) is 4.31. The summed E-state index contributed by atoms with van der Waals surface area (Å²) >= 11 is 7.83. The highest BCUT2D eigenvalue weighted by atomic mass is 32.1. The highest BCUT2D eigenvalue weighted by molar-refractivity contribution is 7.96. The Morgan fingerprint density at radius 3 is 2.64 bits per heavy atom. The van der Waals surface area contributed by atoms with E-state index in [-0.39, 0.29) is 23.0 Å². The second kappa shape index (κ2) is 5.07. The summed E-state index contributed by atoms with van der Waals surface area (Å²) in [4.78, 5) is 24.5. The molecule has 0 saturated carbocycles. The fraction of sp³-hybridized carbons (Fsp3) is 0.778. The summed E-state index contributed by atoms with van der Waals surface area (Å²) in [6.07, 6.45) is 1.28. The number of thiol groups is 2. The number of carbonyl (C=O) groups excluding carboxylic acids is 2. The number of likely N-dealkylation sites (tertiary alicyclic amines) is 1. The molecule has 0 radical (unpaired) electrons. The van der Waals surface area contributed by atoms with Crippen LogP contribution in [0.5, 0.6) is 0 Å². The van der Waals surface area contributed by atoms with Crippen LogP contribution in [-0.2, 0) is 9.59 Å². The lowest BCUT2D eigenvalue weighted by Gasteiger charge is -2.23. The van der Waals surface area contributed by atoms with E-state index in [9.17, 15) is 9.59 Å². The minimum atomic E-state index is -0.328. The van der Waals surface area contributed by atoms with Crippen LogP contribution < -0.4 is 0 Å². The fourth-order valence-electron chi connectivity index (χ4n) is 1.84. The zero-order chi connectivity index (χ0) is 10.7. The topological polar surface area (TPSA) is 37.4 Å². The molecule has 1 heterocycles. The summed E-state index contributed by atoms with van der Waals surface area (Å²) in [5.74, 6) is 0.762. The summed E-state index contributed by atoms with van der Waals surface area (Å²) in [6, 6.07) is -0.328. The van der Waals surface area contributed by atoms with Gasteiger partial charge in [0.05, 0.1) is 0 Å². The number of hydrogen-bond acceptors (Lipinski definition) is 3. The van der Waals surface area contributed by atoms with Crippen molar-refractivity contribution < 1.29 is 9.59 Å². The number of nitrogens with zero attached hydrogens (tertiary/aromatic N) is 1. The van der Waals surface area contributed by atoms with Gasteiger partial charge < -0.3 is 4.90 Å². The summed E-state index contributed by atoms with van der Waals surface area (Å²) in [7, 11) is 0. The molecule has 14 heavy (non-hydrogen) atoms. The Labute approximate surface area is 95.0 Å². The lowest BCUT2D eigenvalue weighted by Crippen LogP contribution is -2.41. The minimum absolute atomic E-state index is 0.0109. The molecule has 0 aromatic heterocycles. The zero-order valence-corrected chi connectivity index (χ0v) is 9.93. The smallest absolute Gasteiger partial charge is 0.224 e. The van der Waals surface area contributed by atoms with Gasteiger partial charge in [-0.1, -0.05) is 6.92 Å². The Bertz CT molecular complexity index is 245. The molecule has 0 unspecified atom stereocenters. The van der Waals surface area contributed by atoms with Gasteiger partial charge in [-0.05, 0) is 18.1 Å². The first-order valence-electron chi connectivity index (χ1n) is 4.71. The van der Waals surface area contributed by atoms with E-state index in [2.05, 4.69) is 25.3 Å². The van der Waals surface area contributed by atoms with Crippen molar-refractivity contribution in [1.82, 2.24) is 4.90 Å². The third-order valence-corrected chi connectivity index (χ3v) is 3.09. The van der Waals surface area contributed by atoms with Gasteiger partial charge in [0, 0.05) is 13.0 Å². The summed E-state index contributed by atoms with van der Waals surface area (Å²) in [5.41, 5.74) is 0. The number of carbonyl (C=O) groups is 2. The molecule has 0 bridgehead atoms. The number of amides is 1. The molecule has 0 spiro atoms. The molecule has 1 amide bonds. The van der Waals surface area contributed by atoms with E-state index >= 15 is 0 Å². The zero-order valence-electron chi connectivity index (χ0n) is 8.14. The molecular weight excluding hydrogens is 218 g/mol. The predicted molar refractivity (Wildman–Crippen MR) is 61.7 cm³/mol. The van der Waals surface area contributed by atoms with Crippen molar-refractivity contribution in [2.45, 2.75) is 25.8 Å². The van der Waals surface area contributed by atoms with Crippen LogP contribution in [0.1, 0.15) is 19.8 Å². The van der Waals surface area contributed by atoms with E-state index in [1.165, 1.54) is 0 Å². The quantitative estimate of drug-likeness (QED) is 0.714. The molecule has 3 nitrogen and oxygen atoms in total. The van der Waals surface area contributed by atoms with Crippen LogP contribution in [0.15, 0.2) is 0 Å². The van der Waals surface area contributed by atoms with E-state index in [4.69, 9.17) is 0 Å². The van der Waals surface area contributed by atoms with Crippen molar-refractivity contribution in [2.24, 2.45) is 5.92 Å². The maximum absolute atomic E-state index is 11.6. The van der Waals surface area contributed by atoms with Gasteiger partial charge >= 0.3 is 0 Å². The van der Waals surface area contributed by atoms with Crippen LogP contribution in [0.3, 0.4) is 0 Å². The van der Waals surface area contributed by atoms with Gasteiger partial charge in [0.25, 0.3) is 0 Å². The maximum Gasteiger partial charge on any atom is 0.224 e. The first-order chi connectivity index (χ1) is 6.57. The number of rotatable bonds is 3. The third kappa shape index (κ3) is 2.45. The van der Waals surface area contributed by atoms with Crippen LogP contribution in [0, 0.1) is 5.92 Å². The van der Waals surface area contributed by atoms with Gasteiger partial charge in [0.2, 0.25) is 11.0 Å². The molecule has 2 atom stereocenters. The number of hydrogen-bond donors (Lipinski definition) is 2. The summed E-state index contributed by atoms with van der Waals surface area (Å²) in [6.45, 7) is 2.65. The van der Waals surface area contributed by atoms with E-state index in [1.54, 1.807) is 4.90 Å². The lowest BCUT2D eigenvalue weighted by molar-refractivity contribution is -0.135. The maximum atomic E-state index is 11.6. The van der Waals surface area contributed by atoms with Gasteiger partial charge in [-0.15, -0.1) is 12.6 Å². The van der Waals surface area contributed by atoms with Crippen molar-refractivity contribution in [2.75, 3.05) is 12.3 Å². The van der Waals surface area contributed by atoms with E-state index < -0.39 is 0 Å². The van der Waals surface area contributed by atoms with Crippen LogP contribution in [0.4, 0.5) is 0 Å². The molecule has 0 aromatic rings. The molecule has 0 aliphatic carbocycles. The van der Waals surface area contributed by atoms with Gasteiger partial charge in [-0.25, -0.2) is 0 Å². The highest BCUT2D eigenvalue weighted by Gasteiger charge is 2.37. The average molecular weight is 233 g/mol. The highest BCUT2D eigenvalue weighted by Crippen LogP contribution is 2.26. The predicted octanol–water partition coefficient (Wildman–Crippen LogP) is 1.000. The van der Waals surface area contributed by atoms with E-state index in [1.807, 2.05) is 6.92 Å². The molecule has 1 rings (SSSR count). The monoisotopic (exact) mass is 233 g/mol. The average Bonchev–Trinajstić information content (AvgIpc) is 2.47. The van der Waals surface area contributed by atoms with Crippen molar-refractivity contribution in [1.29, 1.82) is 0 Å². The Balaban J connectivity index is 2.69. The molecule has 1 aliphatic rings. The van der Waals surface area contributed by atoms with Crippen LogP contribution in [-0.4, -0.2) is 34.3 Å². The Morgan fingerprint density at radius 1 is 1.50 bits per heavy atom. The SMILES string of the molecule is C[C@@H]1CCN(C(=O)CCS)[C@H]1C(=O)S. The molecular formula is C9H15NO2S2. The van der Waals surface area contributed by atoms with Crippen molar-refractivity contribution >= 4 is 36.3 Å². The van der Waals surface area contributed by atoms with E-state index in [0.29, 0.717) is 18.7 Å². The largest absolute Gasteiger partial charge is 0.331 e. The molecule has 0 N–H and O–H groups in total. The second-order valence-electron chi connectivity index (χ2n) is 3.61. The van der Waals surface area contributed by atoms with Crippen LogP contribution >= 0.6 is 25.3 Å². The van der Waals surface area contributed by atoms with Crippen LogP contribution in [0.2, 0.25) is 0 Å². The third-order valence-electron chi connectivity index (χ3n) is 2.60. The van der Waals surface area contributed by atoms with Gasteiger partial charge in [0.15, 0.2) is 0 Å². The molecule has 0 aromatic carbocycles. The Hall–Kier alpha value is -0.160. The summed E-state index contributed by atoms with van der Waals surface area (Å²) < 4.78 is 0. The normalized spacial score (nSPS) is 26.6. The van der Waals surface area contributed by atoms with Crippen LogP contribution in [0.25, 0.3) is 0 Å². The van der Waals surface area contributed by atoms with E-state index in [0.717, 1.165) is 6.42 Å². The van der Waals surface area contributed by atoms with Gasteiger partial charge in [-0.3, -0.25) is 9.59 Å². The molecule has 5 heteroatoms. The minimum Gasteiger partial charge on any atom is -0.331 e. The molecule has 1 saturated heterocycles. The molecule has 80 valence electrons. The Morgan fingerprint density at radius 2 is 2.14 bits per heavy atom. The standard InChI is InChI=1S/C9H15NO2S2/c1-6-2-4-10(7(11)3-5-13)8(6)9(12)14/h6,8,13H,2-5H2,1H3,(H,12,14)/t6-,8-/m1/s1.